The van der Waals surface area contributed by atoms with E-state index in [1.165, 1.54) is 25.7 Å². The first-order valence-corrected chi connectivity index (χ1v) is 6.62. The highest BCUT2D eigenvalue weighted by Gasteiger charge is 2.30. The van der Waals surface area contributed by atoms with Gasteiger partial charge >= 0.3 is 0 Å². The molecule has 2 rings (SSSR count). The lowest BCUT2D eigenvalue weighted by atomic mass is 9.84. The van der Waals surface area contributed by atoms with E-state index in [2.05, 4.69) is 0 Å². The summed E-state index contributed by atoms with van der Waals surface area (Å²) >= 11 is 12.1. The van der Waals surface area contributed by atoms with Crippen molar-refractivity contribution >= 4 is 23.2 Å². The molecule has 0 amide bonds. The van der Waals surface area contributed by atoms with Gasteiger partial charge in [-0.3, -0.25) is 0 Å². The van der Waals surface area contributed by atoms with E-state index in [9.17, 15) is 0 Å². The second kappa shape index (κ2) is 4.95. The Kier molecular flexibility index (Phi) is 3.78. The minimum atomic E-state index is -0.252. The Hall–Kier alpha value is -0.240. The van der Waals surface area contributed by atoms with E-state index < -0.39 is 0 Å². The maximum Gasteiger partial charge on any atom is 0.0471 e. The molecule has 1 aliphatic rings. The molecule has 2 N–H and O–H groups in total. The molecule has 0 atom stereocenters. The molecular formula is C13H17Cl2N. The molecule has 0 aromatic heterocycles. The fourth-order valence-corrected chi connectivity index (χ4v) is 3.12. The molecular weight excluding hydrogens is 241 g/mol. The van der Waals surface area contributed by atoms with Crippen LogP contribution in [-0.4, -0.2) is 0 Å². The summed E-state index contributed by atoms with van der Waals surface area (Å²) in [6.45, 7) is 0. The Morgan fingerprint density at radius 3 is 2.19 bits per heavy atom. The topological polar surface area (TPSA) is 26.0 Å². The highest BCUT2D eigenvalue weighted by Crippen LogP contribution is 2.37. The van der Waals surface area contributed by atoms with Crippen molar-refractivity contribution in [3.8, 4) is 0 Å². The van der Waals surface area contributed by atoms with Gasteiger partial charge in [-0.1, -0.05) is 55.0 Å². The van der Waals surface area contributed by atoms with Crippen LogP contribution in [0.15, 0.2) is 18.2 Å². The molecule has 16 heavy (non-hydrogen) atoms. The summed E-state index contributed by atoms with van der Waals surface area (Å²) in [5.41, 5.74) is 7.31. The summed E-state index contributed by atoms with van der Waals surface area (Å²) in [5, 5.41) is 1.38. The van der Waals surface area contributed by atoms with Gasteiger partial charge in [-0.25, -0.2) is 0 Å². The van der Waals surface area contributed by atoms with Crippen LogP contribution in [0.5, 0.6) is 0 Å². The number of nitrogens with two attached hydrogens (primary N) is 1. The minimum Gasteiger partial charge on any atom is -0.321 e. The molecule has 1 nitrogen and oxygen atoms in total. The Morgan fingerprint density at radius 2 is 1.62 bits per heavy atom. The summed E-state index contributed by atoms with van der Waals surface area (Å²) in [5.74, 6) is 0. The Labute approximate surface area is 107 Å². The first-order valence-electron chi connectivity index (χ1n) is 5.86. The van der Waals surface area contributed by atoms with E-state index in [1.54, 1.807) is 6.07 Å². The van der Waals surface area contributed by atoms with E-state index in [0.29, 0.717) is 10.0 Å². The van der Waals surface area contributed by atoms with E-state index in [4.69, 9.17) is 28.9 Å². The van der Waals surface area contributed by atoms with Crippen LogP contribution in [0.1, 0.15) is 44.1 Å². The smallest absolute Gasteiger partial charge is 0.0471 e. The van der Waals surface area contributed by atoms with Gasteiger partial charge in [0.15, 0.2) is 0 Å². The van der Waals surface area contributed by atoms with Gasteiger partial charge in [0.1, 0.15) is 0 Å². The maximum atomic E-state index is 6.50. The van der Waals surface area contributed by atoms with Gasteiger partial charge in [0.2, 0.25) is 0 Å². The normalized spacial score (nSPS) is 20.4. The van der Waals surface area contributed by atoms with Gasteiger partial charge in [-0.05, 0) is 30.5 Å². The van der Waals surface area contributed by atoms with Crippen LogP contribution >= 0.6 is 23.2 Å². The zero-order valence-electron chi connectivity index (χ0n) is 9.31. The second-order valence-electron chi connectivity index (χ2n) is 4.69. The third-order valence-corrected chi connectivity index (χ3v) is 4.01. The SMILES string of the molecule is NC1(c2ccc(Cl)cc2Cl)CCCCCC1. The van der Waals surface area contributed by atoms with Crippen LogP contribution < -0.4 is 5.73 Å². The van der Waals surface area contributed by atoms with Gasteiger partial charge in [-0.15, -0.1) is 0 Å². The van der Waals surface area contributed by atoms with Gasteiger partial charge in [-0.2, -0.15) is 0 Å². The molecule has 1 aliphatic carbocycles. The van der Waals surface area contributed by atoms with Crippen molar-refractivity contribution in [2.24, 2.45) is 5.73 Å². The molecule has 0 spiro atoms. The lowest BCUT2D eigenvalue weighted by molar-refractivity contribution is 0.385. The summed E-state index contributed by atoms with van der Waals surface area (Å²) in [6, 6.07) is 5.65. The monoisotopic (exact) mass is 257 g/mol. The van der Waals surface area contributed by atoms with Crippen molar-refractivity contribution in [1.29, 1.82) is 0 Å². The van der Waals surface area contributed by atoms with E-state index in [1.807, 2.05) is 12.1 Å². The summed E-state index contributed by atoms with van der Waals surface area (Å²) in [6.07, 6.45) is 6.99. The van der Waals surface area contributed by atoms with Gasteiger partial charge in [0.25, 0.3) is 0 Å². The van der Waals surface area contributed by atoms with Crippen molar-refractivity contribution in [2.75, 3.05) is 0 Å². The summed E-state index contributed by atoms with van der Waals surface area (Å²) < 4.78 is 0. The maximum absolute atomic E-state index is 6.50. The Bertz CT molecular complexity index is 368. The zero-order valence-corrected chi connectivity index (χ0v) is 10.8. The van der Waals surface area contributed by atoms with Crippen molar-refractivity contribution < 1.29 is 0 Å². The number of hydrogen-bond donors (Lipinski definition) is 1. The van der Waals surface area contributed by atoms with E-state index in [-0.39, 0.29) is 5.54 Å². The first kappa shape index (κ1) is 12.2. The third-order valence-electron chi connectivity index (χ3n) is 3.46. The van der Waals surface area contributed by atoms with Gasteiger partial charge in [0, 0.05) is 15.6 Å². The number of benzene rings is 1. The van der Waals surface area contributed by atoms with E-state index >= 15 is 0 Å². The molecule has 0 aliphatic heterocycles. The van der Waals surface area contributed by atoms with Gasteiger partial charge < -0.3 is 5.73 Å². The average Bonchev–Trinajstić information content (AvgIpc) is 2.43. The van der Waals surface area contributed by atoms with Crippen molar-refractivity contribution in [3.05, 3.63) is 33.8 Å². The fraction of sp³-hybridized carbons (Fsp3) is 0.538. The highest BCUT2D eigenvalue weighted by atomic mass is 35.5. The van der Waals surface area contributed by atoms with Crippen LogP contribution in [-0.2, 0) is 5.54 Å². The van der Waals surface area contributed by atoms with Crippen molar-refractivity contribution in [3.63, 3.8) is 0 Å². The van der Waals surface area contributed by atoms with Crippen LogP contribution in [0.25, 0.3) is 0 Å². The average molecular weight is 258 g/mol. The summed E-state index contributed by atoms with van der Waals surface area (Å²) in [7, 11) is 0. The number of halogens is 2. The molecule has 0 bridgehead atoms. The lowest BCUT2D eigenvalue weighted by Gasteiger charge is -2.29. The molecule has 88 valence electrons. The molecule has 1 saturated carbocycles. The Balaban J connectivity index is 2.33. The number of rotatable bonds is 1. The largest absolute Gasteiger partial charge is 0.321 e. The fourth-order valence-electron chi connectivity index (χ4n) is 2.52. The predicted octanol–water partition coefficient (Wildman–Crippen LogP) is 4.50. The standard InChI is InChI=1S/C13H17Cl2N/c14-10-5-6-11(12(15)9-10)13(16)7-3-1-2-4-8-13/h5-6,9H,1-4,7-8,16H2. The van der Waals surface area contributed by atoms with E-state index in [0.717, 1.165) is 18.4 Å². The lowest BCUT2D eigenvalue weighted by Crippen LogP contribution is -2.36. The Morgan fingerprint density at radius 1 is 1.00 bits per heavy atom. The molecule has 1 fully saturated rings. The van der Waals surface area contributed by atoms with Gasteiger partial charge in [0.05, 0.1) is 0 Å². The molecule has 0 radical (unpaired) electrons. The van der Waals surface area contributed by atoms with Crippen LogP contribution in [0.2, 0.25) is 10.0 Å². The third kappa shape index (κ3) is 2.53. The second-order valence-corrected chi connectivity index (χ2v) is 5.54. The van der Waals surface area contributed by atoms with Crippen molar-refractivity contribution in [1.82, 2.24) is 0 Å². The molecule has 3 heteroatoms. The molecule has 0 heterocycles. The predicted molar refractivity (Wildman–Crippen MR) is 70.0 cm³/mol. The first-order chi connectivity index (χ1) is 7.62. The van der Waals surface area contributed by atoms with Crippen molar-refractivity contribution in [2.45, 2.75) is 44.1 Å². The zero-order chi connectivity index (χ0) is 11.6. The van der Waals surface area contributed by atoms with Crippen LogP contribution in [0.3, 0.4) is 0 Å². The summed E-state index contributed by atoms with van der Waals surface area (Å²) in [4.78, 5) is 0. The highest BCUT2D eigenvalue weighted by molar-refractivity contribution is 6.35. The molecule has 1 aromatic rings. The molecule has 1 aromatic carbocycles. The quantitative estimate of drug-likeness (QED) is 0.737. The molecule has 0 saturated heterocycles. The number of hydrogen-bond acceptors (Lipinski definition) is 1. The van der Waals surface area contributed by atoms with Crippen LogP contribution in [0, 0.1) is 0 Å². The van der Waals surface area contributed by atoms with Crippen LogP contribution in [0.4, 0.5) is 0 Å². The molecule has 0 unspecified atom stereocenters. The minimum absolute atomic E-state index is 0.252.